The predicted octanol–water partition coefficient (Wildman–Crippen LogP) is 4.98. The van der Waals surface area contributed by atoms with E-state index in [2.05, 4.69) is 21.2 Å². The molecule has 7 heteroatoms. The summed E-state index contributed by atoms with van der Waals surface area (Å²) in [5, 5.41) is 2.84. The van der Waals surface area contributed by atoms with Crippen LogP contribution in [0.3, 0.4) is 0 Å². The van der Waals surface area contributed by atoms with Gasteiger partial charge in [-0.05, 0) is 66.6 Å². The van der Waals surface area contributed by atoms with Gasteiger partial charge in [-0.3, -0.25) is 9.10 Å². The van der Waals surface area contributed by atoms with E-state index in [4.69, 9.17) is 0 Å². The Morgan fingerprint density at radius 1 is 1.00 bits per heavy atom. The molecule has 0 unspecified atom stereocenters. The van der Waals surface area contributed by atoms with E-state index in [-0.39, 0.29) is 12.5 Å². The molecule has 1 amide bonds. The summed E-state index contributed by atoms with van der Waals surface area (Å²) in [6, 6.07) is 21.6. The standard InChI is InChI=1S/C22H21BrN2O3S/c1-16-4-3-5-21(14-16)25(29(2,27)28)15-17-6-8-18(9-7-17)22(26)24-20-12-10-19(23)11-13-20/h3-14H,15H2,1-2H3,(H,24,26). The van der Waals surface area contributed by atoms with Crippen molar-refractivity contribution in [1.29, 1.82) is 0 Å². The molecule has 29 heavy (non-hydrogen) atoms. The van der Waals surface area contributed by atoms with E-state index in [1.54, 1.807) is 30.3 Å². The van der Waals surface area contributed by atoms with Crippen molar-refractivity contribution in [3.8, 4) is 0 Å². The number of nitrogens with zero attached hydrogens (tertiary/aromatic N) is 1. The van der Waals surface area contributed by atoms with Crippen molar-refractivity contribution in [3.63, 3.8) is 0 Å². The highest BCUT2D eigenvalue weighted by Crippen LogP contribution is 2.22. The summed E-state index contributed by atoms with van der Waals surface area (Å²) in [5.74, 6) is -0.225. The molecule has 0 aliphatic heterocycles. The lowest BCUT2D eigenvalue weighted by Crippen LogP contribution is -2.29. The van der Waals surface area contributed by atoms with Crippen LogP contribution in [-0.4, -0.2) is 20.6 Å². The van der Waals surface area contributed by atoms with Gasteiger partial charge in [-0.15, -0.1) is 0 Å². The molecule has 3 aromatic carbocycles. The van der Waals surface area contributed by atoms with Gasteiger partial charge in [0.1, 0.15) is 0 Å². The normalized spacial score (nSPS) is 11.1. The minimum Gasteiger partial charge on any atom is -0.322 e. The number of nitrogens with one attached hydrogen (secondary N) is 1. The van der Waals surface area contributed by atoms with Gasteiger partial charge >= 0.3 is 0 Å². The van der Waals surface area contributed by atoms with Crippen molar-refractivity contribution in [2.45, 2.75) is 13.5 Å². The van der Waals surface area contributed by atoms with Crippen molar-refractivity contribution in [2.75, 3.05) is 15.9 Å². The average molecular weight is 473 g/mol. The van der Waals surface area contributed by atoms with Crippen LogP contribution in [0.4, 0.5) is 11.4 Å². The Labute approximate surface area is 179 Å². The Bertz CT molecular complexity index is 1110. The van der Waals surface area contributed by atoms with Crippen LogP contribution in [0, 0.1) is 6.92 Å². The lowest BCUT2D eigenvalue weighted by molar-refractivity contribution is 0.102. The Morgan fingerprint density at radius 3 is 2.24 bits per heavy atom. The molecule has 0 aromatic heterocycles. The van der Waals surface area contributed by atoms with Gasteiger partial charge in [0, 0.05) is 15.7 Å². The molecular formula is C22H21BrN2O3S. The first-order valence-corrected chi connectivity index (χ1v) is 11.6. The molecule has 0 aliphatic rings. The molecule has 150 valence electrons. The van der Waals surface area contributed by atoms with Gasteiger partial charge < -0.3 is 5.32 Å². The van der Waals surface area contributed by atoms with Crippen LogP contribution in [0.1, 0.15) is 21.5 Å². The van der Waals surface area contributed by atoms with Crippen LogP contribution in [0.15, 0.2) is 77.3 Å². The molecule has 1 N–H and O–H groups in total. The molecule has 3 aromatic rings. The van der Waals surface area contributed by atoms with Gasteiger partial charge in [0.15, 0.2) is 0 Å². The number of benzene rings is 3. The number of anilines is 2. The van der Waals surface area contributed by atoms with Crippen LogP contribution < -0.4 is 9.62 Å². The SMILES string of the molecule is Cc1cccc(N(Cc2ccc(C(=O)Nc3ccc(Br)cc3)cc2)S(C)(=O)=O)c1. The maximum absolute atomic E-state index is 12.4. The summed E-state index contributed by atoms with van der Waals surface area (Å²) >= 11 is 3.36. The van der Waals surface area contributed by atoms with Gasteiger partial charge in [-0.1, -0.05) is 40.2 Å². The molecule has 0 fully saturated rings. The number of aryl methyl sites for hydroxylation is 1. The zero-order valence-corrected chi connectivity index (χ0v) is 18.5. The highest BCUT2D eigenvalue weighted by Gasteiger charge is 2.18. The first-order valence-electron chi connectivity index (χ1n) is 8.92. The first kappa shape index (κ1) is 21.1. The fourth-order valence-electron chi connectivity index (χ4n) is 2.85. The Hall–Kier alpha value is -2.64. The molecule has 5 nitrogen and oxygen atoms in total. The topological polar surface area (TPSA) is 66.5 Å². The molecule has 0 aliphatic carbocycles. The van der Waals surface area contributed by atoms with Crippen LogP contribution in [0.25, 0.3) is 0 Å². The molecule has 0 bridgehead atoms. The van der Waals surface area contributed by atoms with Crippen LogP contribution in [-0.2, 0) is 16.6 Å². The van der Waals surface area contributed by atoms with E-state index in [1.165, 1.54) is 10.6 Å². The number of hydrogen-bond donors (Lipinski definition) is 1. The second kappa shape index (κ2) is 8.80. The zero-order chi connectivity index (χ0) is 21.0. The third kappa shape index (κ3) is 5.68. The number of carbonyl (C=O) groups is 1. The van der Waals surface area contributed by atoms with E-state index in [0.29, 0.717) is 16.9 Å². The van der Waals surface area contributed by atoms with Crippen LogP contribution >= 0.6 is 15.9 Å². The summed E-state index contributed by atoms with van der Waals surface area (Å²) in [7, 11) is -3.45. The molecule has 0 radical (unpaired) electrons. The largest absolute Gasteiger partial charge is 0.322 e. The Balaban J connectivity index is 1.76. The van der Waals surface area contributed by atoms with E-state index in [9.17, 15) is 13.2 Å². The number of amides is 1. The van der Waals surface area contributed by atoms with Crippen molar-refractivity contribution >= 4 is 43.2 Å². The zero-order valence-electron chi connectivity index (χ0n) is 16.1. The maximum atomic E-state index is 12.4. The highest BCUT2D eigenvalue weighted by atomic mass is 79.9. The van der Waals surface area contributed by atoms with Gasteiger partial charge in [0.2, 0.25) is 10.0 Å². The minimum absolute atomic E-state index is 0.191. The van der Waals surface area contributed by atoms with Crippen molar-refractivity contribution < 1.29 is 13.2 Å². The third-order valence-electron chi connectivity index (χ3n) is 4.33. The number of rotatable bonds is 6. The monoisotopic (exact) mass is 472 g/mol. The number of hydrogen-bond acceptors (Lipinski definition) is 3. The quantitative estimate of drug-likeness (QED) is 0.550. The fraction of sp³-hybridized carbons (Fsp3) is 0.136. The average Bonchev–Trinajstić information content (AvgIpc) is 2.67. The molecule has 0 heterocycles. The molecule has 0 saturated heterocycles. The lowest BCUT2D eigenvalue weighted by Gasteiger charge is -2.23. The fourth-order valence-corrected chi connectivity index (χ4v) is 3.99. The second-order valence-electron chi connectivity index (χ2n) is 6.77. The minimum atomic E-state index is -3.45. The molecular weight excluding hydrogens is 452 g/mol. The van der Waals surface area contributed by atoms with Crippen LogP contribution in [0.5, 0.6) is 0 Å². The first-order chi connectivity index (χ1) is 13.7. The molecule has 0 spiro atoms. The number of sulfonamides is 1. The van der Waals surface area contributed by atoms with E-state index in [1.807, 2.05) is 49.4 Å². The lowest BCUT2D eigenvalue weighted by atomic mass is 10.1. The smallest absolute Gasteiger partial charge is 0.255 e. The predicted molar refractivity (Wildman–Crippen MR) is 121 cm³/mol. The molecule has 0 saturated carbocycles. The summed E-state index contributed by atoms with van der Waals surface area (Å²) in [6.07, 6.45) is 1.19. The Morgan fingerprint density at radius 2 is 1.66 bits per heavy atom. The highest BCUT2D eigenvalue weighted by molar-refractivity contribution is 9.10. The van der Waals surface area contributed by atoms with E-state index in [0.717, 1.165) is 15.6 Å². The maximum Gasteiger partial charge on any atom is 0.255 e. The molecule has 3 rings (SSSR count). The van der Waals surface area contributed by atoms with Crippen molar-refractivity contribution in [3.05, 3.63) is 94.0 Å². The number of carbonyl (C=O) groups excluding carboxylic acids is 1. The summed E-state index contributed by atoms with van der Waals surface area (Å²) < 4.78 is 26.9. The van der Waals surface area contributed by atoms with Gasteiger partial charge in [0.05, 0.1) is 18.5 Å². The summed E-state index contributed by atoms with van der Waals surface area (Å²) in [4.78, 5) is 12.4. The molecule has 0 atom stereocenters. The van der Waals surface area contributed by atoms with Crippen molar-refractivity contribution in [1.82, 2.24) is 0 Å². The second-order valence-corrected chi connectivity index (χ2v) is 9.59. The van der Waals surface area contributed by atoms with Gasteiger partial charge in [-0.2, -0.15) is 0 Å². The summed E-state index contributed by atoms with van der Waals surface area (Å²) in [6.45, 7) is 2.11. The Kier molecular flexibility index (Phi) is 6.39. The van der Waals surface area contributed by atoms with Crippen LogP contribution in [0.2, 0.25) is 0 Å². The van der Waals surface area contributed by atoms with E-state index >= 15 is 0 Å². The van der Waals surface area contributed by atoms with Crippen molar-refractivity contribution in [2.24, 2.45) is 0 Å². The van der Waals surface area contributed by atoms with Gasteiger partial charge in [-0.25, -0.2) is 8.42 Å². The van der Waals surface area contributed by atoms with Gasteiger partial charge in [0.25, 0.3) is 5.91 Å². The number of halogens is 1. The summed E-state index contributed by atoms with van der Waals surface area (Å²) in [5.41, 5.74) is 3.58. The van der Waals surface area contributed by atoms with E-state index < -0.39 is 10.0 Å². The third-order valence-corrected chi connectivity index (χ3v) is 6.00.